The molecule has 0 aromatic carbocycles. The summed E-state index contributed by atoms with van der Waals surface area (Å²) in [4.78, 5) is 0. The summed E-state index contributed by atoms with van der Waals surface area (Å²) in [5, 5.41) is 7.33. The van der Waals surface area contributed by atoms with Crippen molar-refractivity contribution in [3.63, 3.8) is 0 Å². The Bertz CT molecular complexity index is 416. The zero-order valence-electron chi connectivity index (χ0n) is 11.5. The van der Waals surface area contributed by atoms with E-state index in [0.29, 0.717) is 13.0 Å². The van der Waals surface area contributed by atoms with Crippen LogP contribution in [-0.2, 0) is 16.4 Å². The van der Waals surface area contributed by atoms with Gasteiger partial charge in [-0.2, -0.15) is 11.3 Å². The van der Waals surface area contributed by atoms with Gasteiger partial charge in [0.1, 0.15) is 0 Å². The summed E-state index contributed by atoms with van der Waals surface area (Å²) >= 11 is 1.64. The van der Waals surface area contributed by atoms with E-state index in [1.807, 2.05) is 16.8 Å². The molecule has 0 bridgehead atoms. The van der Waals surface area contributed by atoms with Crippen LogP contribution >= 0.6 is 11.3 Å². The van der Waals surface area contributed by atoms with Crippen molar-refractivity contribution >= 4 is 21.4 Å². The first kappa shape index (κ1) is 16.6. The van der Waals surface area contributed by atoms with Crippen LogP contribution in [0.2, 0.25) is 0 Å². The van der Waals surface area contributed by atoms with Crippen molar-refractivity contribution in [2.75, 3.05) is 25.4 Å². The van der Waals surface area contributed by atoms with Crippen LogP contribution in [0.15, 0.2) is 16.8 Å². The predicted octanol–water partition coefficient (Wildman–Crippen LogP) is 1.99. The Labute approximate surface area is 120 Å². The number of nitrogens with one attached hydrogen (secondary N) is 2. The number of unbranched alkanes of at least 4 members (excludes halogenated alkanes) is 1. The van der Waals surface area contributed by atoms with Gasteiger partial charge >= 0.3 is 0 Å². The van der Waals surface area contributed by atoms with Gasteiger partial charge in [-0.25, -0.2) is 13.1 Å². The summed E-state index contributed by atoms with van der Waals surface area (Å²) in [6, 6.07) is 2.03. The third-order valence-electron chi connectivity index (χ3n) is 2.76. The van der Waals surface area contributed by atoms with E-state index in [1.54, 1.807) is 11.3 Å². The fraction of sp³-hybridized carbons (Fsp3) is 0.692. The average molecular weight is 304 g/mol. The second kappa shape index (κ2) is 9.47. The molecule has 0 unspecified atom stereocenters. The minimum atomic E-state index is -3.10. The van der Waals surface area contributed by atoms with Gasteiger partial charge in [0.2, 0.25) is 10.0 Å². The Morgan fingerprint density at radius 3 is 2.74 bits per heavy atom. The lowest BCUT2D eigenvalue weighted by Crippen LogP contribution is -2.28. The summed E-state index contributed by atoms with van der Waals surface area (Å²) in [5.74, 6) is 0.227. The first-order valence-electron chi connectivity index (χ1n) is 6.83. The molecule has 0 aliphatic heterocycles. The molecule has 19 heavy (non-hydrogen) atoms. The van der Waals surface area contributed by atoms with Crippen LogP contribution in [-0.4, -0.2) is 33.8 Å². The molecule has 2 N–H and O–H groups in total. The predicted molar refractivity (Wildman–Crippen MR) is 82.2 cm³/mol. The molecule has 0 saturated carbocycles. The summed E-state index contributed by atoms with van der Waals surface area (Å²) in [6.07, 6.45) is 3.50. The SMILES string of the molecule is CCCNCCCCS(=O)(=O)NCCc1ccsc1. The van der Waals surface area contributed by atoms with E-state index in [-0.39, 0.29) is 5.75 Å². The monoisotopic (exact) mass is 304 g/mol. The molecule has 0 amide bonds. The highest BCUT2D eigenvalue weighted by molar-refractivity contribution is 7.89. The minimum Gasteiger partial charge on any atom is -0.317 e. The maximum Gasteiger partial charge on any atom is 0.211 e. The van der Waals surface area contributed by atoms with Gasteiger partial charge in [-0.1, -0.05) is 6.92 Å². The molecule has 0 fully saturated rings. The molecule has 0 spiro atoms. The van der Waals surface area contributed by atoms with Crippen LogP contribution < -0.4 is 10.0 Å². The fourth-order valence-corrected chi connectivity index (χ4v) is 3.55. The van der Waals surface area contributed by atoms with E-state index in [0.717, 1.165) is 32.4 Å². The molecule has 4 nitrogen and oxygen atoms in total. The average Bonchev–Trinajstić information content (AvgIpc) is 2.86. The van der Waals surface area contributed by atoms with Crippen molar-refractivity contribution in [1.29, 1.82) is 0 Å². The van der Waals surface area contributed by atoms with Crippen LogP contribution in [0.5, 0.6) is 0 Å². The molecular weight excluding hydrogens is 280 g/mol. The van der Waals surface area contributed by atoms with Crippen LogP contribution in [0, 0.1) is 0 Å². The normalized spacial score (nSPS) is 11.8. The van der Waals surface area contributed by atoms with Crippen molar-refractivity contribution in [2.24, 2.45) is 0 Å². The first-order chi connectivity index (χ1) is 9.14. The molecule has 1 heterocycles. The molecule has 6 heteroatoms. The van der Waals surface area contributed by atoms with Gasteiger partial charge in [0.05, 0.1) is 5.75 Å². The van der Waals surface area contributed by atoms with Crippen molar-refractivity contribution in [2.45, 2.75) is 32.6 Å². The van der Waals surface area contributed by atoms with E-state index in [4.69, 9.17) is 0 Å². The standard InChI is InChI=1S/C13H24N2O2S2/c1-2-7-14-8-3-4-11-19(16,17)15-9-5-13-6-10-18-12-13/h6,10,12,14-15H,2-5,7-9,11H2,1H3. The molecule has 0 atom stereocenters. The Morgan fingerprint density at radius 2 is 2.05 bits per heavy atom. The molecule has 1 rings (SSSR count). The van der Waals surface area contributed by atoms with Gasteiger partial charge in [0.25, 0.3) is 0 Å². The minimum absolute atomic E-state index is 0.227. The van der Waals surface area contributed by atoms with E-state index < -0.39 is 10.0 Å². The second-order valence-corrected chi connectivity index (χ2v) is 7.26. The van der Waals surface area contributed by atoms with Gasteiger partial charge in [-0.15, -0.1) is 0 Å². The van der Waals surface area contributed by atoms with Crippen molar-refractivity contribution in [3.8, 4) is 0 Å². The number of sulfonamides is 1. The maximum absolute atomic E-state index is 11.7. The van der Waals surface area contributed by atoms with Gasteiger partial charge < -0.3 is 5.32 Å². The van der Waals surface area contributed by atoms with Gasteiger partial charge in [-0.3, -0.25) is 0 Å². The smallest absolute Gasteiger partial charge is 0.211 e. The van der Waals surface area contributed by atoms with Crippen molar-refractivity contribution in [1.82, 2.24) is 10.0 Å². The highest BCUT2D eigenvalue weighted by Crippen LogP contribution is 2.06. The zero-order valence-corrected chi connectivity index (χ0v) is 13.2. The molecule has 1 aromatic heterocycles. The molecule has 110 valence electrons. The summed E-state index contributed by atoms with van der Waals surface area (Å²) < 4.78 is 26.1. The first-order valence-corrected chi connectivity index (χ1v) is 9.42. The van der Waals surface area contributed by atoms with Crippen LogP contribution in [0.25, 0.3) is 0 Å². The van der Waals surface area contributed by atoms with Crippen LogP contribution in [0.4, 0.5) is 0 Å². The second-order valence-electron chi connectivity index (χ2n) is 4.55. The maximum atomic E-state index is 11.7. The highest BCUT2D eigenvalue weighted by Gasteiger charge is 2.08. The highest BCUT2D eigenvalue weighted by atomic mass is 32.2. The lowest BCUT2D eigenvalue weighted by molar-refractivity contribution is 0.573. The molecule has 0 aliphatic rings. The molecule has 1 aromatic rings. The number of hydrogen-bond donors (Lipinski definition) is 2. The zero-order chi connectivity index (χ0) is 14.0. The lowest BCUT2D eigenvalue weighted by atomic mass is 10.2. The molecule has 0 saturated heterocycles. The topological polar surface area (TPSA) is 58.2 Å². The Kier molecular flexibility index (Phi) is 8.29. The van der Waals surface area contributed by atoms with Gasteiger partial charge in [-0.05, 0) is 61.2 Å². The molecular formula is C13H24N2O2S2. The number of hydrogen-bond acceptors (Lipinski definition) is 4. The fourth-order valence-electron chi connectivity index (χ4n) is 1.70. The van der Waals surface area contributed by atoms with Gasteiger partial charge in [0.15, 0.2) is 0 Å². The Morgan fingerprint density at radius 1 is 1.21 bits per heavy atom. The number of thiophene rings is 1. The largest absolute Gasteiger partial charge is 0.317 e. The van der Waals surface area contributed by atoms with E-state index in [9.17, 15) is 8.42 Å². The quantitative estimate of drug-likeness (QED) is 0.615. The summed E-state index contributed by atoms with van der Waals surface area (Å²) in [6.45, 7) is 4.52. The van der Waals surface area contributed by atoms with E-state index >= 15 is 0 Å². The van der Waals surface area contributed by atoms with E-state index in [1.165, 1.54) is 5.56 Å². The van der Waals surface area contributed by atoms with Crippen LogP contribution in [0.3, 0.4) is 0 Å². The Hall–Kier alpha value is -0.430. The summed E-state index contributed by atoms with van der Waals surface area (Å²) in [7, 11) is -3.10. The molecule has 0 radical (unpaired) electrons. The Balaban J connectivity index is 2.07. The van der Waals surface area contributed by atoms with Crippen molar-refractivity contribution < 1.29 is 8.42 Å². The van der Waals surface area contributed by atoms with Crippen molar-refractivity contribution in [3.05, 3.63) is 22.4 Å². The third-order valence-corrected chi connectivity index (χ3v) is 4.96. The lowest BCUT2D eigenvalue weighted by Gasteiger charge is -2.06. The summed E-state index contributed by atoms with van der Waals surface area (Å²) in [5.41, 5.74) is 1.19. The molecule has 0 aliphatic carbocycles. The van der Waals surface area contributed by atoms with Gasteiger partial charge in [0, 0.05) is 6.54 Å². The third kappa shape index (κ3) is 8.36. The van der Waals surface area contributed by atoms with Crippen LogP contribution in [0.1, 0.15) is 31.7 Å². The number of rotatable bonds is 11. The van der Waals surface area contributed by atoms with E-state index in [2.05, 4.69) is 17.0 Å².